The largest absolute Gasteiger partial charge is 0.504 e. The Hall–Kier alpha value is -3.99. The van der Waals surface area contributed by atoms with E-state index < -0.39 is 0 Å². The number of allylic oxidation sites excluding steroid dienone is 2. The lowest BCUT2D eigenvalue weighted by Gasteiger charge is -2.05. The van der Waals surface area contributed by atoms with E-state index in [1.165, 1.54) is 14.2 Å². The molecule has 3 aromatic rings. The van der Waals surface area contributed by atoms with E-state index in [9.17, 15) is 15.0 Å². The molecule has 1 aliphatic rings. The number of rotatable bonds is 4. The number of phenols is 2. The van der Waals surface area contributed by atoms with E-state index in [4.69, 9.17) is 9.47 Å². The minimum absolute atomic E-state index is 0.00931. The number of carbonyl (C=O) groups is 1. The topological polar surface area (TPSA) is 76.0 Å². The zero-order valence-corrected chi connectivity index (χ0v) is 16.5. The van der Waals surface area contributed by atoms with Gasteiger partial charge in [-0.05, 0) is 58.7 Å². The van der Waals surface area contributed by atoms with Crippen LogP contribution < -0.4 is 9.47 Å². The lowest BCUT2D eigenvalue weighted by Crippen LogP contribution is -1.94. The first-order valence-electron chi connectivity index (χ1n) is 9.33. The Morgan fingerprint density at radius 3 is 1.50 bits per heavy atom. The van der Waals surface area contributed by atoms with Crippen LogP contribution in [0.3, 0.4) is 0 Å². The van der Waals surface area contributed by atoms with Gasteiger partial charge in [0.25, 0.3) is 0 Å². The molecular weight excluding hydrogens is 380 g/mol. The fourth-order valence-electron chi connectivity index (χ4n) is 3.56. The summed E-state index contributed by atoms with van der Waals surface area (Å²) >= 11 is 0. The van der Waals surface area contributed by atoms with Crippen LogP contribution in [0.5, 0.6) is 23.0 Å². The maximum atomic E-state index is 13.3. The SMILES string of the molecule is COc1ccc(/C=C2\C(=O)/C(=C/c3ccc(OC)c(O)c3)c3ccccc32)cc1O. The molecule has 0 aromatic heterocycles. The molecule has 3 aromatic carbocycles. The number of fused-ring (bicyclic) bond motifs is 1. The minimum Gasteiger partial charge on any atom is -0.504 e. The van der Waals surface area contributed by atoms with Crippen LogP contribution in [-0.2, 0) is 4.79 Å². The molecule has 150 valence electrons. The second-order valence-electron chi connectivity index (χ2n) is 6.85. The van der Waals surface area contributed by atoms with Crippen LogP contribution in [0.1, 0.15) is 22.3 Å². The summed E-state index contributed by atoms with van der Waals surface area (Å²) in [6.07, 6.45) is 3.51. The maximum Gasteiger partial charge on any atom is 0.194 e. The first-order chi connectivity index (χ1) is 14.5. The smallest absolute Gasteiger partial charge is 0.194 e. The third kappa shape index (κ3) is 3.42. The quantitative estimate of drug-likeness (QED) is 0.617. The van der Waals surface area contributed by atoms with Crippen LogP contribution in [0.2, 0.25) is 0 Å². The average molecular weight is 400 g/mol. The molecule has 0 amide bonds. The highest BCUT2D eigenvalue weighted by molar-refractivity contribution is 6.51. The second kappa shape index (κ2) is 7.79. The molecule has 0 spiro atoms. The van der Waals surface area contributed by atoms with Crippen molar-refractivity contribution >= 4 is 29.1 Å². The highest BCUT2D eigenvalue weighted by atomic mass is 16.5. The molecule has 1 aliphatic carbocycles. The van der Waals surface area contributed by atoms with Crippen molar-refractivity contribution < 1.29 is 24.5 Å². The van der Waals surface area contributed by atoms with Gasteiger partial charge in [0.2, 0.25) is 0 Å². The predicted molar refractivity (Wildman–Crippen MR) is 117 cm³/mol. The van der Waals surface area contributed by atoms with Gasteiger partial charge in [-0.3, -0.25) is 4.79 Å². The molecule has 5 heteroatoms. The molecule has 0 fully saturated rings. The van der Waals surface area contributed by atoms with Crippen molar-refractivity contribution in [3.05, 3.63) is 82.9 Å². The van der Waals surface area contributed by atoms with E-state index in [2.05, 4.69) is 0 Å². The molecular formula is C25H20O5. The van der Waals surface area contributed by atoms with Crippen LogP contribution in [0.25, 0.3) is 23.3 Å². The highest BCUT2D eigenvalue weighted by Gasteiger charge is 2.29. The first-order valence-corrected chi connectivity index (χ1v) is 9.33. The molecule has 0 aliphatic heterocycles. The number of Topliss-reactive ketones (excluding diaryl/α,β-unsaturated/α-hetero) is 1. The number of methoxy groups -OCH3 is 2. The lowest BCUT2D eigenvalue weighted by atomic mass is 10.0. The van der Waals surface area contributed by atoms with E-state index in [0.717, 1.165) is 11.1 Å². The Morgan fingerprint density at radius 1 is 0.700 bits per heavy atom. The number of hydrogen-bond acceptors (Lipinski definition) is 5. The van der Waals surface area contributed by atoms with Gasteiger partial charge in [0.05, 0.1) is 14.2 Å². The number of aromatic hydroxyl groups is 2. The van der Waals surface area contributed by atoms with Gasteiger partial charge in [-0.2, -0.15) is 0 Å². The average Bonchev–Trinajstić information content (AvgIpc) is 3.00. The summed E-state index contributed by atoms with van der Waals surface area (Å²) in [6.45, 7) is 0. The summed E-state index contributed by atoms with van der Waals surface area (Å²) in [4.78, 5) is 13.3. The van der Waals surface area contributed by atoms with Crippen molar-refractivity contribution in [2.75, 3.05) is 14.2 Å². The zero-order valence-electron chi connectivity index (χ0n) is 16.5. The molecule has 5 nitrogen and oxygen atoms in total. The number of phenolic OH excluding ortho intramolecular Hbond substituents is 2. The number of benzene rings is 3. The summed E-state index contributed by atoms with van der Waals surface area (Å²) in [5.74, 6) is 0.636. The molecule has 4 rings (SSSR count). The molecule has 0 saturated heterocycles. The number of ketones is 1. The lowest BCUT2D eigenvalue weighted by molar-refractivity contribution is -0.108. The number of hydrogen-bond donors (Lipinski definition) is 2. The molecule has 0 unspecified atom stereocenters. The third-order valence-corrected chi connectivity index (χ3v) is 5.02. The van der Waals surface area contributed by atoms with Gasteiger partial charge in [-0.25, -0.2) is 0 Å². The minimum atomic E-state index is -0.123. The van der Waals surface area contributed by atoms with Crippen LogP contribution in [0.15, 0.2) is 60.7 Å². The number of ether oxygens (including phenoxy) is 2. The number of carbonyl (C=O) groups excluding carboxylic acids is 1. The van der Waals surface area contributed by atoms with Crippen LogP contribution in [0.4, 0.5) is 0 Å². The first kappa shape index (κ1) is 19.3. The second-order valence-corrected chi connectivity index (χ2v) is 6.85. The van der Waals surface area contributed by atoms with Crippen molar-refractivity contribution in [3.8, 4) is 23.0 Å². The Kier molecular flexibility index (Phi) is 5.02. The van der Waals surface area contributed by atoms with Gasteiger partial charge >= 0.3 is 0 Å². The van der Waals surface area contributed by atoms with Crippen molar-refractivity contribution in [1.82, 2.24) is 0 Å². The summed E-state index contributed by atoms with van der Waals surface area (Å²) < 4.78 is 10.2. The molecule has 30 heavy (non-hydrogen) atoms. The van der Waals surface area contributed by atoms with Crippen LogP contribution in [0, 0.1) is 0 Å². The summed E-state index contributed by atoms with van der Waals surface area (Å²) in [5, 5.41) is 20.1. The molecule has 0 atom stereocenters. The fourth-order valence-corrected chi connectivity index (χ4v) is 3.56. The predicted octanol–water partition coefficient (Wildman–Crippen LogP) is 4.78. The van der Waals surface area contributed by atoms with Gasteiger partial charge < -0.3 is 19.7 Å². The molecule has 0 saturated carbocycles. The van der Waals surface area contributed by atoms with Gasteiger partial charge in [0.1, 0.15) is 0 Å². The Balaban J connectivity index is 1.80. The Labute approximate surface area is 174 Å². The van der Waals surface area contributed by atoms with Gasteiger partial charge in [-0.15, -0.1) is 0 Å². The third-order valence-electron chi connectivity index (χ3n) is 5.02. The molecule has 2 N–H and O–H groups in total. The summed E-state index contributed by atoms with van der Waals surface area (Å²) in [6, 6.07) is 17.6. The van der Waals surface area contributed by atoms with Crippen LogP contribution in [-0.4, -0.2) is 30.2 Å². The van der Waals surface area contributed by atoms with Crippen LogP contribution >= 0.6 is 0 Å². The van der Waals surface area contributed by atoms with E-state index in [0.29, 0.717) is 33.8 Å². The summed E-state index contributed by atoms with van der Waals surface area (Å²) in [5.41, 5.74) is 4.10. The van der Waals surface area contributed by atoms with E-state index in [1.54, 1.807) is 48.6 Å². The zero-order chi connectivity index (χ0) is 21.3. The summed E-state index contributed by atoms with van der Waals surface area (Å²) in [7, 11) is 2.97. The molecule has 0 radical (unpaired) electrons. The van der Waals surface area contributed by atoms with Gasteiger partial charge in [-0.1, -0.05) is 36.4 Å². The maximum absolute atomic E-state index is 13.3. The monoisotopic (exact) mass is 400 g/mol. The Bertz CT molecular complexity index is 1110. The Morgan fingerprint density at radius 2 is 1.13 bits per heavy atom. The normalized spacial score (nSPS) is 15.5. The van der Waals surface area contributed by atoms with E-state index in [1.807, 2.05) is 24.3 Å². The standard InChI is InChI=1S/C25H20O5/c1-29-23-9-7-15(13-21(23)26)11-19-17-5-3-4-6-18(17)20(25(19)28)12-16-8-10-24(30-2)22(27)14-16/h3-14,26-27H,1-2H3/b19-11-,20-12+. The van der Waals surface area contributed by atoms with E-state index in [-0.39, 0.29) is 17.3 Å². The van der Waals surface area contributed by atoms with Gasteiger partial charge in [0, 0.05) is 11.1 Å². The van der Waals surface area contributed by atoms with Crippen molar-refractivity contribution in [1.29, 1.82) is 0 Å². The van der Waals surface area contributed by atoms with Gasteiger partial charge in [0.15, 0.2) is 28.8 Å². The van der Waals surface area contributed by atoms with Crippen molar-refractivity contribution in [2.45, 2.75) is 0 Å². The highest BCUT2D eigenvalue weighted by Crippen LogP contribution is 2.40. The van der Waals surface area contributed by atoms with E-state index >= 15 is 0 Å². The van der Waals surface area contributed by atoms with Crippen molar-refractivity contribution in [3.63, 3.8) is 0 Å². The molecule has 0 heterocycles. The van der Waals surface area contributed by atoms with Crippen molar-refractivity contribution in [2.24, 2.45) is 0 Å². The molecule has 0 bridgehead atoms. The fraction of sp³-hybridized carbons (Fsp3) is 0.0800.